The van der Waals surface area contributed by atoms with Gasteiger partial charge >= 0.3 is 0 Å². The maximum atomic E-state index is 12.6. The Morgan fingerprint density at radius 1 is 1.44 bits per heavy atom. The van der Waals surface area contributed by atoms with Crippen LogP contribution in [-0.4, -0.2) is 17.6 Å². The molecule has 0 bridgehead atoms. The minimum Gasteiger partial charge on any atom is -0.497 e. The molecule has 1 aliphatic rings. The molecule has 0 aliphatic heterocycles. The van der Waals surface area contributed by atoms with Crippen LogP contribution >= 0.6 is 11.3 Å². The Labute approximate surface area is 162 Å². The van der Waals surface area contributed by atoms with Gasteiger partial charge in [0.15, 0.2) is 0 Å². The normalized spacial score (nSPS) is 16.0. The van der Waals surface area contributed by atoms with Gasteiger partial charge in [0.05, 0.1) is 12.7 Å². The van der Waals surface area contributed by atoms with Gasteiger partial charge in [0.25, 0.3) is 0 Å². The zero-order valence-electron chi connectivity index (χ0n) is 15.4. The van der Waals surface area contributed by atoms with E-state index in [0.29, 0.717) is 16.5 Å². The summed E-state index contributed by atoms with van der Waals surface area (Å²) in [7, 11) is 1.64. The summed E-state index contributed by atoms with van der Waals surface area (Å²) < 4.78 is 7.16. The molecule has 1 atom stereocenters. The van der Waals surface area contributed by atoms with Crippen LogP contribution in [0, 0.1) is 17.2 Å². The van der Waals surface area contributed by atoms with Crippen LogP contribution in [0.3, 0.4) is 0 Å². The van der Waals surface area contributed by atoms with E-state index in [9.17, 15) is 10.1 Å². The summed E-state index contributed by atoms with van der Waals surface area (Å²) in [5, 5.41) is 14.3. The first-order valence-electron chi connectivity index (χ1n) is 9.06. The highest BCUT2D eigenvalue weighted by Gasteiger charge is 2.24. The van der Waals surface area contributed by atoms with Crippen molar-refractivity contribution in [3.8, 4) is 11.8 Å². The number of methoxy groups -OCH3 is 1. The van der Waals surface area contributed by atoms with Gasteiger partial charge in [-0.3, -0.25) is 4.79 Å². The number of carbonyl (C=O) groups is 1. The molecule has 0 spiro atoms. The highest BCUT2D eigenvalue weighted by atomic mass is 32.1. The molecule has 0 fully saturated rings. The Kier molecular flexibility index (Phi) is 4.63. The van der Waals surface area contributed by atoms with Gasteiger partial charge in [-0.1, -0.05) is 6.92 Å². The molecule has 6 heteroatoms. The molecule has 0 saturated heterocycles. The van der Waals surface area contributed by atoms with Crippen molar-refractivity contribution in [2.24, 2.45) is 5.92 Å². The summed E-state index contributed by atoms with van der Waals surface area (Å²) in [6.07, 6.45) is 4.92. The molecule has 1 amide bonds. The Morgan fingerprint density at radius 3 is 3.07 bits per heavy atom. The first-order chi connectivity index (χ1) is 13.1. The average Bonchev–Trinajstić information content (AvgIpc) is 3.21. The van der Waals surface area contributed by atoms with Crippen LogP contribution in [0.5, 0.6) is 5.75 Å². The van der Waals surface area contributed by atoms with E-state index in [1.54, 1.807) is 18.4 Å². The molecule has 5 nitrogen and oxygen atoms in total. The fourth-order valence-electron chi connectivity index (χ4n) is 3.72. The average molecular weight is 379 g/mol. The number of nitrogens with zero attached hydrogens (tertiary/aromatic N) is 2. The van der Waals surface area contributed by atoms with Crippen LogP contribution in [0.1, 0.15) is 29.3 Å². The summed E-state index contributed by atoms with van der Waals surface area (Å²) in [6, 6.07) is 10.1. The minimum absolute atomic E-state index is 0.119. The van der Waals surface area contributed by atoms with Crippen molar-refractivity contribution >= 4 is 33.1 Å². The number of rotatable bonds is 4. The number of fused-ring (bicyclic) bond motifs is 2. The monoisotopic (exact) mass is 379 g/mol. The number of carbonyl (C=O) groups excluding carboxylic acids is 1. The molecule has 27 heavy (non-hydrogen) atoms. The van der Waals surface area contributed by atoms with Crippen molar-refractivity contribution in [3.05, 3.63) is 46.5 Å². The predicted octanol–water partition coefficient (Wildman–Crippen LogP) is 4.35. The van der Waals surface area contributed by atoms with Gasteiger partial charge in [-0.15, -0.1) is 11.3 Å². The van der Waals surface area contributed by atoms with E-state index in [0.717, 1.165) is 41.5 Å². The first-order valence-corrected chi connectivity index (χ1v) is 9.88. The molecular formula is C21H21N3O2S. The van der Waals surface area contributed by atoms with Gasteiger partial charge in [0.2, 0.25) is 5.91 Å². The van der Waals surface area contributed by atoms with Gasteiger partial charge in [0, 0.05) is 22.0 Å². The first kappa shape index (κ1) is 17.6. The number of nitriles is 1. The molecule has 138 valence electrons. The zero-order valence-corrected chi connectivity index (χ0v) is 16.2. The second kappa shape index (κ2) is 7.09. The van der Waals surface area contributed by atoms with Crippen molar-refractivity contribution in [1.29, 1.82) is 5.26 Å². The summed E-state index contributed by atoms with van der Waals surface area (Å²) in [5.74, 6) is 1.31. The molecule has 2 aromatic heterocycles. The van der Waals surface area contributed by atoms with E-state index >= 15 is 0 Å². The summed E-state index contributed by atoms with van der Waals surface area (Å²) in [6.45, 7) is 2.44. The van der Waals surface area contributed by atoms with Crippen molar-refractivity contribution in [1.82, 2.24) is 4.57 Å². The third kappa shape index (κ3) is 3.31. The highest BCUT2D eigenvalue weighted by molar-refractivity contribution is 7.16. The Hall–Kier alpha value is -2.78. The Bertz CT molecular complexity index is 1060. The minimum atomic E-state index is -0.119. The largest absolute Gasteiger partial charge is 0.497 e. The van der Waals surface area contributed by atoms with Crippen molar-refractivity contribution in [2.45, 2.75) is 32.7 Å². The maximum absolute atomic E-state index is 12.6. The van der Waals surface area contributed by atoms with Crippen molar-refractivity contribution in [2.75, 3.05) is 12.4 Å². The summed E-state index contributed by atoms with van der Waals surface area (Å²) in [5.41, 5.74) is 2.76. The van der Waals surface area contributed by atoms with Crippen LogP contribution in [0.25, 0.3) is 10.9 Å². The van der Waals surface area contributed by atoms with Crippen LogP contribution in [0.4, 0.5) is 5.00 Å². The lowest BCUT2D eigenvalue weighted by Crippen LogP contribution is -2.18. The molecule has 0 saturated carbocycles. The number of hydrogen-bond donors (Lipinski definition) is 1. The van der Waals surface area contributed by atoms with Gasteiger partial charge < -0.3 is 14.6 Å². The number of thiophene rings is 1. The zero-order chi connectivity index (χ0) is 19.0. The summed E-state index contributed by atoms with van der Waals surface area (Å²) in [4.78, 5) is 13.9. The second-order valence-electron chi connectivity index (χ2n) is 7.08. The number of amides is 1. The molecule has 0 radical (unpaired) electrons. The topological polar surface area (TPSA) is 67.0 Å². The number of aromatic nitrogens is 1. The number of ether oxygens (including phenoxy) is 1. The Balaban J connectivity index is 1.54. The predicted molar refractivity (Wildman–Crippen MR) is 107 cm³/mol. The maximum Gasteiger partial charge on any atom is 0.244 e. The molecule has 3 aromatic rings. The van der Waals surface area contributed by atoms with E-state index in [1.807, 2.05) is 35.0 Å². The van der Waals surface area contributed by atoms with E-state index < -0.39 is 0 Å². The third-order valence-corrected chi connectivity index (χ3v) is 6.34. The number of anilines is 1. The van der Waals surface area contributed by atoms with E-state index in [-0.39, 0.29) is 12.5 Å². The van der Waals surface area contributed by atoms with E-state index in [2.05, 4.69) is 18.3 Å². The fraction of sp³-hybridized carbons (Fsp3) is 0.333. The molecule has 1 N–H and O–H groups in total. The molecule has 1 aliphatic carbocycles. The van der Waals surface area contributed by atoms with Gasteiger partial charge in [0.1, 0.15) is 23.4 Å². The standard InChI is InChI=1S/C21H21N3O2S/c1-13-3-5-16-17(11-22)21(27-19(16)9-13)23-20(25)12-24-8-7-14-10-15(26-2)4-6-18(14)24/h4,6-8,10,13H,3,5,9,12H2,1-2H3,(H,23,25). The lowest BCUT2D eigenvalue weighted by atomic mass is 9.89. The quantitative estimate of drug-likeness (QED) is 0.733. The Morgan fingerprint density at radius 2 is 2.30 bits per heavy atom. The fourth-order valence-corrected chi connectivity index (χ4v) is 5.10. The number of hydrogen-bond acceptors (Lipinski definition) is 4. The van der Waals surface area contributed by atoms with Crippen LogP contribution in [0.15, 0.2) is 30.5 Å². The SMILES string of the molecule is COc1ccc2c(ccn2CC(=O)Nc2sc3c(c2C#N)CCC(C)C3)c1. The molecule has 1 unspecified atom stereocenters. The number of benzene rings is 1. The summed E-state index contributed by atoms with van der Waals surface area (Å²) >= 11 is 1.56. The molecule has 2 heterocycles. The van der Waals surface area contributed by atoms with E-state index in [1.165, 1.54) is 4.88 Å². The van der Waals surface area contributed by atoms with Crippen LogP contribution in [-0.2, 0) is 24.2 Å². The van der Waals surface area contributed by atoms with Crippen molar-refractivity contribution < 1.29 is 9.53 Å². The molecule has 4 rings (SSSR count). The van der Waals surface area contributed by atoms with Gasteiger partial charge in [-0.2, -0.15) is 5.26 Å². The van der Waals surface area contributed by atoms with Gasteiger partial charge in [-0.05, 0) is 55.0 Å². The lowest BCUT2D eigenvalue weighted by molar-refractivity contribution is -0.116. The second-order valence-corrected chi connectivity index (χ2v) is 8.19. The lowest BCUT2D eigenvalue weighted by Gasteiger charge is -2.17. The molecule has 1 aromatic carbocycles. The highest BCUT2D eigenvalue weighted by Crippen LogP contribution is 2.39. The molecular weight excluding hydrogens is 358 g/mol. The smallest absolute Gasteiger partial charge is 0.244 e. The van der Waals surface area contributed by atoms with E-state index in [4.69, 9.17) is 4.74 Å². The number of nitrogens with one attached hydrogen (secondary N) is 1. The van der Waals surface area contributed by atoms with Crippen LogP contribution < -0.4 is 10.1 Å². The van der Waals surface area contributed by atoms with Crippen molar-refractivity contribution in [3.63, 3.8) is 0 Å². The van der Waals surface area contributed by atoms with Gasteiger partial charge in [-0.25, -0.2) is 0 Å². The van der Waals surface area contributed by atoms with Crippen LogP contribution in [0.2, 0.25) is 0 Å². The third-order valence-electron chi connectivity index (χ3n) is 5.17.